The predicted molar refractivity (Wildman–Crippen MR) is 63.0 cm³/mol. The van der Waals surface area contributed by atoms with Crippen molar-refractivity contribution < 1.29 is 0 Å². The summed E-state index contributed by atoms with van der Waals surface area (Å²) in [5.41, 5.74) is 9.58. The molecule has 1 nitrogen and oxygen atoms in total. The van der Waals surface area contributed by atoms with Crippen LogP contribution in [0.1, 0.15) is 49.1 Å². The Morgan fingerprint density at radius 2 is 1.93 bits per heavy atom. The second kappa shape index (κ2) is 3.34. The Labute approximate surface area is 91.7 Å². The first-order chi connectivity index (χ1) is 7.36. The molecule has 1 atom stereocenters. The highest BCUT2D eigenvalue weighted by Crippen LogP contribution is 2.54. The minimum absolute atomic E-state index is 0.515. The van der Waals surface area contributed by atoms with Crippen molar-refractivity contribution in [2.75, 3.05) is 6.54 Å². The molecule has 0 radical (unpaired) electrons. The number of fused-ring (bicyclic) bond motifs is 2. The quantitative estimate of drug-likeness (QED) is 0.742. The summed E-state index contributed by atoms with van der Waals surface area (Å²) in [4.78, 5) is 0. The molecule has 1 fully saturated rings. The molecule has 15 heavy (non-hydrogen) atoms. The molecule has 1 saturated carbocycles. The van der Waals surface area contributed by atoms with Crippen molar-refractivity contribution in [3.05, 3.63) is 35.4 Å². The molecule has 2 aliphatic rings. The van der Waals surface area contributed by atoms with E-state index < -0.39 is 0 Å². The van der Waals surface area contributed by atoms with Crippen LogP contribution in [0.2, 0.25) is 0 Å². The van der Waals surface area contributed by atoms with Gasteiger partial charge in [0.25, 0.3) is 0 Å². The summed E-state index contributed by atoms with van der Waals surface area (Å²) in [6.45, 7) is 0.818. The Morgan fingerprint density at radius 1 is 1.20 bits per heavy atom. The number of nitrogens with two attached hydrogens (primary N) is 1. The first kappa shape index (κ1) is 9.41. The Morgan fingerprint density at radius 3 is 2.67 bits per heavy atom. The maximum absolute atomic E-state index is 5.90. The molecule has 1 spiro atoms. The molecule has 0 heterocycles. The van der Waals surface area contributed by atoms with Gasteiger partial charge in [0.1, 0.15) is 0 Å². The van der Waals surface area contributed by atoms with E-state index in [-0.39, 0.29) is 0 Å². The molecule has 0 saturated heterocycles. The highest BCUT2D eigenvalue weighted by Gasteiger charge is 2.44. The van der Waals surface area contributed by atoms with Gasteiger partial charge in [-0.05, 0) is 48.3 Å². The first-order valence-corrected chi connectivity index (χ1v) is 6.15. The maximum atomic E-state index is 5.90. The zero-order valence-electron chi connectivity index (χ0n) is 9.21. The van der Waals surface area contributed by atoms with Gasteiger partial charge in [0.2, 0.25) is 0 Å². The van der Waals surface area contributed by atoms with Crippen molar-refractivity contribution in [3.8, 4) is 0 Å². The summed E-state index contributed by atoms with van der Waals surface area (Å²) >= 11 is 0. The van der Waals surface area contributed by atoms with Gasteiger partial charge in [-0.1, -0.05) is 37.1 Å². The summed E-state index contributed by atoms with van der Waals surface area (Å²) < 4.78 is 0. The van der Waals surface area contributed by atoms with Crippen LogP contribution in [-0.2, 0) is 5.41 Å². The Bertz CT molecular complexity index is 363. The molecular weight excluding hydrogens is 182 g/mol. The van der Waals surface area contributed by atoms with Crippen LogP contribution in [0, 0.1) is 0 Å². The monoisotopic (exact) mass is 201 g/mol. The molecule has 2 N–H and O–H groups in total. The van der Waals surface area contributed by atoms with Crippen LogP contribution in [0.4, 0.5) is 0 Å². The van der Waals surface area contributed by atoms with Crippen molar-refractivity contribution in [2.45, 2.75) is 43.4 Å². The standard InChI is InChI=1S/C14H19N/c15-10-11-9-14(7-3-4-8-14)13-6-2-1-5-12(11)13/h1-2,5-6,11H,3-4,7-10,15H2. The first-order valence-electron chi connectivity index (χ1n) is 6.15. The molecule has 1 aromatic carbocycles. The van der Waals surface area contributed by atoms with E-state index in [1.165, 1.54) is 32.1 Å². The van der Waals surface area contributed by atoms with Gasteiger partial charge < -0.3 is 5.73 Å². The molecule has 2 aliphatic carbocycles. The molecule has 1 unspecified atom stereocenters. The van der Waals surface area contributed by atoms with Crippen molar-refractivity contribution in [3.63, 3.8) is 0 Å². The van der Waals surface area contributed by atoms with E-state index in [2.05, 4.69) is 24.3 Å². The van der Waals surface area contributed by atoms with E-state index in [1.807, 2.05) is 0 Å². The fraction of sp³-hybridized carbons (Fsp3) is 0.571. The Hall–Kier alpha value is -0.820. The Balaban J connectivity index is 2.09. The van der Waals surface area contributed by atoms with E-state index in [4.69, 9.17) is 5.73 Å². The second-order valence-electron chi connectivity index (χ2n) is 5.21. The van der Waals surface area contributed by atoms with Crippen molar-refractivity contribution in [1.82, 2.24) is 0 Å². The molecule has 0 bridgehead atoms. The molecule has 0 amide bonds. The zero-order valence-corrected chi connectivity index (χ0v) is 9.21. The molecular formula is C14H19N. The smallest absolute Gasteiger partial charge is 0.000781 e. The second-order valence-corrected chi connectivity index (χ2v) is 5.21. The Kier molecular flexibility index (Phi) is 2.10. The molecule has 1 aromatic rings. The van der Waals surface area contributed by atoms with Crippen LogP contribution in [0.3, 0.4) is 0 Å². The summed E-state index contributed by atoms with van der Waals surface area (Å²) in [6.07, 6.45) is 6.90. The van der Waals surface area contributed by atoms with Crippen LogP contribution >= 0.6 is 0 Å². The summed E-state index contributed by atoms with van der Waals surface area (Å²) in [7, 11) is 0. The third-order valence-electron chi connectivity index (χ3n) is 4.45. The minimum Gasteiger partial charge on any atom is -0.330 e. The van der Waals surface area contributed by atoms with E-state index in [0.717, 1.165) is 6.54 Å². The molecule has 0 aliphatic heterocycles. The average molecular weight is 201 g/mol. The fourth-order valence-corrected chi connectivity index (χ4v) is 3.76. The molecule has 0 aromatic heterocycles. The lowest BCUT2D eigenvalue weighted by Gasteiger charge is -2.24. The van der Waals surface area contributed by atoms with Crippen LogP contribution in [0.15, 0.2) is 24.3 Å². The highest BCUT2D eigenvalue weighted by atomic mass is 14.6. The summed E-state index contributed by atoms with van der Waals surface area (Å²) in [6, 6.07) is 8.99. The lowest BCUT2D eigenvalue weighted by atomic mass is 9.80. The summed E-state index contributed by atoms with van der Waals surface area (Å²) in [5.74, 6) is 0.624. The van der Waals surface area contributed by atoms with Crippen molar-refractivity contribution >= 4 is 0 Å². The molecule has 80 valence electrons. The van der Waals surface area contributed by atoms with Crippen LogP contribution in [-0.4, -0.2) is 6.54 Å². The topological polar surface area (TPSA) is 26.0 Å². The fourth-order valence-electron chi connectivity index (χ4n) is 3.76. The van der Waals surface area contributed by atoms with Gasteiger partial charge in [-0.25, -0.2) is 0 Å². The number of hydrogen-bond donors (Lipinski definition) is 1. The summed E-state index contributed by atoms with van der Waals surface area (Å²) in [5, 5.41) is 0. The van der Waals surface area contributed by atoms with Gasteiger partial charge in [0.15, 0.2) is 0 Å². The van der Waals surface area contributed by atoms with E-state index >= 15 is 0 Å². The molecule has 1 heteroatoms. The van der Waals surface area contributed by atoms with Gasteiger partial charge >= 0.3 is 0 Å². The van der Waals surface area contributed by atoms with Crippen LogP contribution in [0.5, 0.6) is 0 Å². The SMILES string of the molecule is NCC1CC2(CCCC2)c2ccccc21. The lowest BCUT2D eigenvalue weighted by Crippen LogP contribution is -2.19. The van der Waals surface area contributed by atoms with Gasteiger partial charge in [0, 0.05) is 0 Å². The zero-order chi connectivity index (χ0) is 10.3. The van der Waals surface area contributed by atoms with E-state index in [9.17, 15) is 0 Å². The lowest BCUT2D eigenvalue weighted by molar-refractivity contribution is 0.410. The number of hydrogen-bond acceptors (Lipinski definition) is 1. The predicted octanol–water partition coefficient (Wildman–Crippen LogP) is 2.94. The molecule has 3 rings (SSSR count). The minimum atomic E-state index is 0.515. The average Bonchev–Trinajstić information content (AvgIpc) is 2.87. The normalized spacial score (nSPS) is 27.1. The van der Waals surface area contributed by atoms with Gasteiger partial charge in [-0.15, -0.1) is 0 Å². The van der Waals surface area contributed by atoms with E-state index in [0.29, 0.717) is 11.3 Å². The largest absolute Gasteiger partial charge is 0.330 e. The number of rotatable bonds is 1. The van der Waals surface area contributed by atoms with Gasteiger partial charge in [-0.3, -0.25) is 0 Å². The van der Waals surface area contributed by atoms with Gasteiger partial charge in [0.05, 0.1) is 0 Å². The highest BCUT2D eigenvalue weighted by molar-refractivity contribution is 5.43. The van der Waals surface area contributed by atoms with Crippen molar-refractivity contribution in [2.24, 2.45) is 5.73 Å². The van der Waals surface area contributed by atoms with Gasteiger partial charge in [-0.2, -0.15) is 0 Å². The number of benzene rings is 1. The van der Waals surface area contributed by atoms with Crippen LogP contribution < -0.4 is 5.73 Å². The van der Waals surface area contributed by atoms with E-state index in [1.54, 1.807) is 11.1 Å². The third-order valence-corrected chi connectivity index (χ3v) is 4.45. The van der Waals surface area contributed by atoms with Crippen molar-refractivity contribution in [1.29, 1.82) is 0 Å². The van der Waals surface area contributed by atoms with Crippen LogP contribution in [0.25, 0.3) is 0 Å². The maximum Gasteiger partial charge on any atom is -0.000781 e. The third kappa shape index (κ3) is 1.26.